The van der Waals surface area contributed by atoms with E-state index in [1.165, 1.54) is 25.5 Å². The number of hydrogen-bond acceptors (Lipinski definition) is 6. The van der Waals surface area contributed by atoms with E-state index in [0.717, 1.165) is 6.42 Å². The normalized spacial score (nSPS) is 22.5. The van der Waals surface area contributed by atoms with Crippen LogP contribution in [0.3, 0.4) is 0 Å². The molecule has 0 saturated heterocycles. The summed E-state index contributed by atoms with van der Waals surface area (Å²) in [4.78, 5) is 16.0. The molecule has 144 valence electrons. The van der Waals surface area contributed by atoms with E-state index < -0.39 is 5.97 Å². The minimum atomic E-state index is -0.411. The molecule has 1 fully saturated rings. The van der Waals surface area contributed by atoms with Gasteiger partial charge in [0.1, 0.15) is 11.4 Å². The van der Waals surface area contributed by atoms with Crippen molar-refractivity contribution in [3.8, 4) is 0 Å². The first kappa shape index (κ1) is 20.4. The van der Waals surface area contributed by atoms with Gasteiger partial charge in [-0.25, -0.2) is 9.78 Å². The first-order valence-electron chi connectivity index (χ1n) is 9.31. The molecule has 1 aliphatic carbocycles. The Morgan fingerprint density at radius 2 is 2.27 bits per heavy atom. The standard InChI is InChI=1S/C20H31N3O3/c1-13-7-5-9-18(14(13)2)26-15(3)17(21)10-12-23-19-16(20(24)25-4)8-6-11-22-19/h6,8,11,13,15,17-18H,2,5,7,9-10,12,21H2,1,3-4H3,(H,22,23). The van der Waals surface area contributed by atoms with Crippen LogP contribution in [0, 0.1) is 5.92 Å². The van der Waals surface area contributed by atoms with Crippen molar-refractivity contribution < 1.29 is 14.3 Å². The van der Waals surface area contributed by atoms with Gasteiger partial charge in [-0.05, 0) is 56.2 Å². The van der Waals surface area contributed by atoms with Crippen LogP contribution in [0.2, 0.25) is 0 Å². The quantitative estimate of drug-likeness (QED) is 0.546. The van der Waals surface area contributed by atoms with Gasteiger partial charge >= 0.3 is 5.97 Å². The molecule has 0 aromatic carbocycles. The first-order chi connectivity index (χ1) is 12.4. The summed E-state index contributed by atoms with van der Waals surface area (Å²) in [5.74, 6) is 0.612. The van der Waals surface area contributed by atoms with E-state index in [9.17, 15) is 4.79 Å². The molecule has 0 spiro atoms. The molecule has 6 nitrogen and oxygen atoms in total. The maximum atomic E-state index is 11.8. The van der Waals surface area contributed by atoms with Crippen LogP contribution in [0.15, 0.2) is 30.5 Å². The van der Waals surface area contributed by atoms with Gasteiger partial charge in [-0.2, -0.15) is 0 Å². The van der Waals surface area contributed by atoms with Gasteiger partial charge in [0.05, 0.1) is 19.3 Å². The second kappa shape index (κ2) is 9.69. The molecule has 3 N–H and O–H groups in total. The third-order valence-electron chi connectivity index (χ3n) is 5.11. The van der Waals surface area contributed by atoms with E-state index >= 15 is 0 Å². The zero-order valence-corrected chi connectivity index (χ0v) is 16.0. The molecule has 1 heterocycles. The highest BCUT2D eigenvalue weighted by molar-refractivity contribution is 5.94. The van der Waals surface area contributed by atoms with Gasteiger partial charge in [0.15, 0.2) is 0 Å². The number of esters is 1. The Hall–Kier alpha value is -1.92. The second-order valence-electron chi connectivity index (χ2n) is 7.01. The molecular formula is C20H31N3O3. The lowest BCUT2D eigenvalue weighted by Crippen LogP contribution is -2.40. The van der Waals surface area contributed by atoms with E-state index in [1.54, 1.807) is 18.3 Å². The maximum Gasteiger partial charge on any atom is 0.341 e. The van der Waals surface area contributed by atoms with Crippen molar-refractivity contribution in [2.24, 2.45) is 11.7 Å². The third-order valence-corrected chi connectivity index (χ3v) is 5.11. The number of carbonyl (C=O) groups excluding carboxylic acids is 1. The van der Waals surface area contributed by atoms with Crippen LogP contribution < -0.4 is 11.1 Å². The summed E-state index contributed by atoms with van der Waals surface area (Å²) >= 11 is 0. The van der Waals surface area contributed by atoms with Crippen LogP contribution >= 0.6 is 0 Å². The molecule has 4 atom stereocenters. The van der Waals surface area contributed by atoms with Crippen molar-refractivity contribution in [3.05, 3.63) is 36.0 Å². The number of aromatic nitrogens is 1. The highest BCUT2D eigenvalue weighted by Crippen LogP contribution is 2.31. The van der Waals surface area contributed by atoms with Crippen LogP contribution in [0.1, 0.15) is 49.9 Å². The smallest absolute Gasteiger partial charge is 0.341 e. The lowest BCUT2D eigenvalue weighted by Gasteiger charge is -2.33. The van der Waals surface area contributed by atoms with Crippen molar-refractivity contribution in [1.82, 2.24) is 4.98 Å². The fraction of sp³-hybridized carbons (Fsp3) is 0.600. The number of methoxy groups -OCH3 is 1. The van der Waals surface area contributed by atoms with Gasteiger partial charge in [0.25, 0.3) is 0 Å². The van der Waals surface area contributed by atoms with Crippen LogP contribution in [-0.2, 0) is 9.47 Å². The number of carbonyl (C=O) groups is 1. The van der Waals surface area contributed by atoms with Gasteiger partial charge in [0.2, 0.25) is 0 Å². The summed E-state index contributed by atoms with van der Waals surface area (Å²) in [5.41, 5.74) is 7.90. The zero-order chi connectivity index (χ0) is 19.1. The Balaban J connectivity index is 1.82. The third kappa shape index (κ3) is 5.29. The van der Waals surface area contributed by atoms with Crippen molar-refractivity contribution in [2.45, 2.75) is 57.8 Å². The molecule has 0 aliphatic heterocycles. The molecule has 2 rings (SSSR count). The lowest BCUT2D eigenvalue weighted by molar-refractivity contribution is -0.0125. The molecular weight excluding hydrogens is 330 g/mol. The first-order valence-corrected chi connectivity index (χ1v) is 9.31. The number of nitrogens with two attached hydrogens (primary N) is 1. The summed E-state index contributed by atoms with van der Waals surface area (Å²) in [7, 11) is 1.36. The predicted molar refractivity (Wildman–Crippen MR) is 103 cm³/mol. The van der Waals surface area contributed by atoms with E-state index in [2.05, 4.69) is 23.8 Å². The number of rotatable bonds is 8. The molecule has 6 heteroatoms. The topological polar surface area (TPSA) is 86.5 Å². The number of anilines is 1. The average molecular weight is 361 g/mol. The molecule has 0 bridgehead atoms. The summed E-state index contributed by atoms with van der Waals surface area (Å²) < 4.78 is 10.9. The summed E-state index contributed by atoms with van der Waals surface area (Å²) in [6.07, 6.45) is 5.76. The van der Waals surface area contributed by atoms with Crippen LogP contribution in [0.5, 0.6) is 0 Å². The van der Waals surface area contributed by atoms with Gasteiger partial charge in [-0.3, -0.25) is 0 Å². The highest BCUT2D eigenvalue weighted by atomic mass is 16.5. The van der Waals surface area contributed by atoms with E-state index in [0.29, 0.717) is 30.3 Å². The molecule has 1 aromatic heterocycles. The monoisotopic (exact) mass is 361 g/mol. The zero-order valence-electron chi connectivity index (χ0n) is 16.0. The minimum absolute atomic E-state index is 0.0624. The van der Waals surface area contributed by atoms with Gasteiger partial charge in [0, 0.05) is 18.8 Å². The summed E-state index contributed by atoms with van der Waals surface area (Å²) in [6, 6.07) is 3.28. The van der Waals surface area contributed by atoms with Gasteiger partial charge < -0.3 is 20.5 Å². The van der Waals surface area contributed by atoms with Crippen LogP contribution in [0.4, 0.5) is 5.82 Å². The highest BCUT2D eigenvalue weighted by Gasteiger charge is 2.26. The van der Waals surface area contributed by atoms with Gasteiger partial charge in [-0.1, -0.05) is 13.5 Å². The number of nitrogens with one attached hydrogen (secondary N) is 1. The molecule has 0 radical (unpaired) electrons. The van der Waals surface area contributed by atoms with Crippen molar-refractivity contribution in [3.63, 3.8) is 0 Å². The number of hydrogen-bond donors (Lipinski definition) is 2. The van der Waals surface area contributed by atoms with E-state index in [4.69, 9.17) is 15.2 Å². The van der Waals surface area contributed by atoms with E-state index in [1.807, 2.05) is 6.92 Å². The van der Waals surface area contributed by atoms with Crippen LogP contribution in [0.25, 0.3) is 0 Å². The fourth-order valence-electron chi connectivity index (χ4n) is 3.23. The second-order valence-corrected chi connectivity index (χ2v) is 7.01. The van der Waals surface area contributed by atoms with Gasteiger partial charge in [-0.15, -0.1) is 0 Å². The molecule has 1 saturated carbocycles. The minimum Gasteiger partial charge on any atom is -0.465 e. The number of pyridine rings is 1. The van der Waals surface area contributed by atoms with Crippen molar-refractivity contribution >= 4 is 11.8 Å². The molecule has 26 heavy (non-hydrogen) atoms. The van der Waals surface area contributed by atoms with Crippen LogP contribution in [-0.4, -0.2) is 42.9 Å². The Bertz CT molecular complexity index is 620. The largest absolute Gasteiger partial charge is 0.465 e. The SMILES string of the molecule is C=C1C(C)CCCC1OC(C)C(N)CCNc1ncccc1C(=O)OC. The lowest BCUT2D eigenvalue weighted by atomic mass is 9.84. The average Bonchev–Trinajstić information content (AvgIpc) is 2.65. The Labute approximate surface area is 156 Å². The fourth-order valence-corrected chi connectivity index (χ4v) is 3.23. The van der Waals surface area contributed by atoms with Crippen molar-refractivity contribution in [2.75, 3.05) is 19.0 Å². The molecule has 1 aromatic rings. The van der Waals surface area contributed by atoms with Crippen molar-refractivity contribution in [1.29, 1.82) is 0 Å². The number of ether oxygens (including phenoxy) is 2. The molecule has 0 amide bonds. The molecule has 1 aliphatic rings. The summed E-state index contributed by atoms with van der Waals surface area (Å²) in [5, 5.41) is 3.17. The van der Waals surface area contributed by atoms with E-state index in [-0.39, 0.29) is 18.2 Å². The number of nitrogens with zero attached hydrogens (tertiary/aromatic N) is 1. The Morgan fingerprint density at radius 3 is 3.00 bits per heavy atom. The summed E-state index contributed by atoms with van der Waals surface area (Å²) in [6.45, 7) is 9.01. The maximum absolute atomic E-state index is 11.8. The Morgan fingerprint density at radius 1 is 1.50 bits per heavy atom. The molecule has 4 unspecified atom stereocenters. The predicted octanol–water partition coefficient (Wildman–Crippen LogP) is 3.15. The Kier molecular flexibility index (Phi) is 7.60.